The highest BCUT2D eigenvalue weighted by atomic mass is 16.4. The van der Waals surface area contributed by atoms with Crippen LogP contribution in [0.5, 0.6) is 0 Å². The minimum atomic E-state index is -1.04. The molecule has 5 aliphatic rings. The van der Waals surface area contributed by atoms with E-state index in [9.17, 15) is 20.0 Å². The first-order valence-electron chi connectivity index (χ1n) is 14.6. The Balaban J connectivity index is 1.50. The van der Waals surface area contributed by atoms with Crippen molar-refractivity contribution in [3.05, 3.63) is 35.1 Å². The van der Waals surface area contributed by atoms with E-state index in [1.165, 1.54) is 0 Å². The van der Waals surface area contributed by atoms with Crippen molar-refractivity contribution in [1.29, 1.82) is 5.26 Å². The van der Waals surface area contributed by atoms with Crippen LogP contribution in [0.1, 0.15) is 91.3 Å². The van der Waals surface area contributed by atoms with Crippen molar-refractivity contribution in [1.82, 2.24) is 10.2 Å². The first kappa shape index (κ1) is 26.6. The van der Waals surface area contributed by atoms with Gasteiger partial charge < -0.3 is 9.52 Å². The van der Waals surface area contributed by atoms with E-state index < -0.39 is 10.8 Å². The van der Waals surface area contributed by atoms with Crippen LogP contribution in [0.2, 0.25) is 0 Å². The monoisotopic (exact) mass is 531 g/mol. The van der Waals surface area contributed by atoms with E-state index in [4.69, 9.17) is 4.42 Å². The first-order valence-corrected chi connectivity index (χ1v) is 14.6. The van der Waals surface area contributed by atoms with Gasteiger partial charge in [-0.3, -0.25) is 9.59 Å². The number of hydrogen-bond acceptors (Lipinski definition) is 7. The lowest BCUT2D eigenvalue weighted by molar-refractivity contribution is -0.144. The number of nitriles is 1. The molecule has 0 bridgehead atoms. The molecule has 0 spiro atoms. The van der Waals surface area contributed by atoms with Gasteiger partial charge in [0.1, 0.15) is 6.07 Å². The molecule has 6 rings (SSSR count). The Labute approximate surface area is 231 Å². The minimum Gasteiger partial charge on any atom is -0.425 e. The molecule has 7 heteroatoms. The summed E-state index contributed by atoms with van der Waals surface area (Å²) in [6, 6.07) is 2.11. The summed E-state index contributed by atoms with van der Waals surface area (Å²) in [4.78, 5) is 27.7. The molecule has 0 aromatic carbocycles. The summed E-state index contributed by atoms with van der Waals surface area (Å²) in [7, 11) is 0. The normalized spacial score (nSPS) is 44.7. The average molecular weight is 532 g/mol. The number of fused-ring (bicyclic) bond motifs is 7. The summed E-state index contributed by atoms with van der Waals surface area (Å²) in [6.07, 6.45) is 10.1. The van der Waals surface area contributed by atoms with Gasteiger partial charge in [0.2, 0.25) is 11.8 Å². The fourth-order valence-electron chi connectivity index (χ4n) is 10.2. The van der Waals surface area contributed by atoms with Gasteiger partial charge in [0.05, 0.1) is 23.0 Å². The molecule has 1 N–H and O–H groups in total. The molecule has 0 saturated heterocycles. The smallest absolute Gasteiger partial charge is 0.222 e. The minimum absolute atomic E-state index is 0.105. The highest BCUT2D eigenvalue weighted by Gasteiger charge is 2.67. The predicted molar refractivity (Wildman–Crippen MR) is 144 cm³/mol. The number of hydrogen-bond donors (Lipinski definition) is 1. The van der Waals surface area contributed by atoms with Gasteiger partial charge in [-0.25, -0.2) is 0 Å². The van der Waals surface area contributed by atoms with Gasteiger partial charge in [0.25, 0.3) is 0 Å². The first-order chi connectivity index (χ1) is 18.3. The van der Waals surface area contributed by atoms with Gasteiger partial charge in [-0.2, -0.15) is 5.26 Å². The molecule has 39 heavy (non-hydrogen) atoms. The van der Waals surface area contributed by atoms with E-state index in [2.05, 4.69) is 44.0 Å². The molecule has 3 saturated carbocycles. The standard InChI is InChI=1S/C32H41N3O4/c1-18-34-35-27(39-18)32-10-7-20-25(21(32)15-28(2,3)11-12-32)22(37)13-24-29(20,4)9-8-23-30(24,5)14-19(16-33)26(38)31(23,6)17-36/h13-14,20-21,23,25,36H,7-12,15,17H2,1-6H3/t20?,21?,23?,25?,29-,30-,31-,32+/m0/s1. The largest absolute Gasteiger partial charge is 0.425 e. The Bertz CT molecular complexity index is 1370. The number of allylic oxidation sites excluding steroid dienone is 4. The number of carbonyl (C=O) groups is 2. The van der Waals surface area contributed by atoms with Crippen LogP contribution in [0.4, 0.5) is 0 Å². The van der Waals surface area contributed by atoms with E-state index in [-0.39, 0.29) is 63.7 Å². The van der Waals surface area contributed by atoms with Crippen molar-refractivity contribution >= 4 is 11.6 Å². The Morgan fingerprint density at radius 1 is 1.05 bits per heavy atom. The molecule has 0 radical (unpaired) electrons. The third-order valence-electron chi connectivity index (χ3n) is 12.2. The molecule has 3 fully saturated rings. The number of nitrogens with zero attached hydrogens (tertiary/aromatic N) is 3. The molecule has 7 nitrogen and oxygen atoms in total. The molecule has 0 aliphatic heterocycles. The SMILES string of the molecule is Cc1nnc([C@@]23CCC4C(C(=O)C=C5[C@@]6(C)C=C(C#N)C(=O)[C@@](C)(CO)C6CC[C@]54C)C2CC(C)(C)CC3)o1. The number of carbonyl (C=O) groups excluding carboxylic acids is 2. The highest BCUT2D eigenvalue weighted by molar-refractivity contribution is 6.05. The molecule has 4 unspecified atom stereocenters. The van der Waals surface area contributed by atoms with Crippen molar-refractivity contribution < 1.29 is 19.1 Å². The van der Waals surface area contributed by atoms with Crippen molar-refractivity contribution in [3.8, 4) is 6.07 Å². The van der Waals surface area contributed by atoms with Gasteiger partial charge in [-0.1, -0.05) is 39.3 Å². The van der Waals surface area contributed by atoms with Gasteiger partial charge in [-0.15, -0.1) is 10.2 Å². The predicted octanol–water partition coefficient (Wildman–Crippen LogP) is 5.43. The van der Waals surface area contributed by atoms with Crippen LogP contribution >= 0.6 is 0 Å². The lowest BCUT2D eigenvalue weighted by Gasteiger charge is -2.64. The molecule has 1 aromatic heterocycles. The summed E-state index contributed by atoms with van der Waals surface area (Å²) in [6.45, 7) is 12.3. The Morgan fingerprint density at radius 2 is 1.79 bits per heavy atom. The van der Waals surface area contributed by atoms with E-state index in [0.717, 1.165) is 50.5 Å². The van der Waals surface area contributed by atoms with E-state index in [1.807, 2.05) is 19.1 Å². The maximum absolute atomic E-state index is 14.4. The van der Waals surface area contributed by atoms with Crippen LogP contribution in [0.25, 0.3) is 0 Å². The molecular formula is C32H41N3O4. The molecule has 8 atom stereocenters. The van der Waals surface area contributed by atoms with Crippen molar-refractivity contribution in [2.75, 3.05) is 6.61 Å². The zero-order chi connectivity index (χ0) is 28.2. The summed E-state index contributed by atoms with van der Waals surface area (Å²) in [5.74, 6) is 1.14. The van der Waals surface area contributed by atoms with Crippen molar-refractivity contribution in [2.24, 2.45) is 45.3 Å². The molecule has 1 aromatic rings. The fourth-order valence-corrected chi connectivity index (χ4v) is 10.2. The van der Waals surface area contributed by atoms with E-state index in [1.54, 1.807) is 6.92 Å². The molecule has 0 amide bonds. The zero-order valence-electron chi connectivity index (χ0n) is 24.1. The summed E-state index contributed by atoms with van der Waals surface area (Å²) < 4.78 is 6.11. The maximum atomic E-state index is 14.4. The number of aliphatic hydroxyl groups is 1. The topological polar surface area (TPSA) is 117 Å². The van der Waals surface area contributed by atoms with Crippen LogP contribution < -0.4 is 0 Å². The third-order valence-corrected chi connectivity index (χ3v) is 12.2. The lowest BCUT2D eigenvalue weighted by Crippen LogP contribution is -2.62. The Morgan fingerprint density at radius 3 is 2.44 bits per heavy atom. The number of aliphatic hydroxyl groups excluding tert-OH is 1. The Kier molecular flexibility index (Phi) is 5.61. The second-order valence-electron chi connectivity index (χ2n) is 14.8. The van der Waals surface area contributed by atoms with Crippen LogP contribution in [-0.4, -0.2) is 33.5 Å². The van der Waals surface area contributed by atoms with Gasteiger partial charge >= 0.3 is 0 Å². The second-order valence-corrected chi connectivity index (χ2v) is 14.8. The molecule has 1 heterocycles. The summed E-state index contributed by atoms with van der Waals surface area (Å²) >= 11 is 0. The van der Waals surface area contributed by atoms with E-state index >= 15 is 0 Å². The van der Waals surface area contributed by atoms with Crippen molar-refractivity contribution in [3.63, 3.8) is 0 Å². The van der Waals surface area contributed by atoms with Crippen LogP contribution in [0.3, 0.4) is 0 Å². The summed E-state index contributed by atoms with van der Waals surface area (Å²) in [5, 5.41) is 29.0. The number of aromatic nitrogens is 2. The lowest BCUT2D eigenvalue weighted by atomic mass is 9.38. The van der Waals surface area contributed by atoms with E-state index in [0.29, 0.717) is 11.8 Å². The number of ketones is 2. The average Bonchev–Trinajstić information content (AvgIpc) is 3.33. The molecular weight excluding hydrogens is 490 g/mol. The van der Waals surface area contributed by atoms with Crippen LogP contribution in [0.15, 0.2) is 27.7 Å². The van der Waals surface area contributed by atoms with Crippen LogP contribution in [-0.2, 0) is 15.0 Å². The third kappa shape index (κ3) is 3.36. The van der Waals surface area contributed by atoms with Crippen LogP contribution in [0, 0.1) is 63.6 Å². The number of aryl methyl sites for hydroxylation is 1. The number of Topliss-reactive ketones (excluding diaryl/α,β-unsaturated/α-hetero) is 1. The van der Waals surface area contributed by atoms with Gasteiger partial charge in [0, 0.05) is 18.3 Å². The molecule has 208 valence electrons. The second kappa shape index (κ2) is 8.22. The summed E-state index contributed by atoms with van der Waals surface area (Å²) in [5.41, 5.74) is -0.929. The Hall–Kier alpha value is -2.59. The fraction of sp³-hybridized carbons (Fsp3) is 0.719. The zero-order valence-corrected chi connectivity index (χ0v) is 24.1. The highest BCUT2D eigenvalue weighted by Crippen LogP contribution is 2.70. The molecule has 5 aliphatic carbocycles. The number of rotatable bonds is 2. The van der Waals surface area contributed by atoms with Crippen molar-refractivity contribution in [2.45, 2.75) is 91.9 Å². The van der Waals surface area contributed by atoms with Gasteiger partial charge in [0.15, 0.2) is 11.6 Å². The van der Waals surface area contributed by atoms with Gasteiger partial charge in [-0.05, 0) is 86.5 Å². The quantitative estimate of drug-likeness (QED) is 0.541. The maximum Gasteiger partial charge on any atom is 0.222 e.